The molecule has 2 N–H and O–H groups in total. The summed E-state index contributed by atoms with van der Waals surface area (Å²) in [6.45, 7) is -0.421. The number of nitrogens with zero attached hydrogens (tertiary/aromatic N) is 1. The van der Waals surface area contributed by atoms with Crippen molar-refractivity contribution in [1.29, 1.82) is 0 Å². The fraction of sp³-hybridized carbons (Fsp3) is 0.444. The van der Waals surface area contributed by atoms with Crippen LogP contribution in [0.15, 0.2) is 46.1 Å². The van der Waals surface area contributed by atoms with Gasteiger partial charge in [-0.15, -0.1) is 0 Å². The highest BCUT2D eigenvalue weighted by Gasteiger charge is 2.60. The van der Waals surface area contributed by atoms with Gasteiger partial charge in [0.05, 0.1) is 19.3 Å². The fourth-order valence-corrected chi connectivity index (χ4v) is 3.06. The molecule has 1 saturated heterocycles. The van der Waals surface area contributed by atoms with Crippen LogP contribution in [-0.4, -0.2) is 39.6 Å². The molecule has 0 amide bonds. The van der Waals surface area contributed by atoms with E-state index in [-0.39, 0.29) is 19.2 Å². The monoisotopic (exact) mass is 436 g/mol. The first-order chi connectivity index (χ1) is 14.0. The number of hydrogen-bond donors (Lipinski definition) is 2. The van der Waals surface area contributed by atoms with E-state index in [1.54, 1.807) is 30.3 Å². The normalized spacial score (nSPS) is 22.4. The van der Waals surface area contributed by atoms with Crippen LogP contribution in [0.1, 0.15) is 23.8 Å². The summed E-state index contributed by atoms with van der Waals surface area (Å²) < 4.78 is 76.9. The molecule has 2 aromatic rings. The molecule has 12 heteroatoms. The van der Waals surface area contributed by atoms with E-state index in [0.29, 0.717) is 4.57 Å². The van der Waals surface area contributed by atoms with Crippen molar-refractivity contribution in [2.24, 2.45) is 0 Å². The summed E-state index contributed by atoms with van der Waals surface area (Å²) in [5, 5.41) is 9.48. The number of aromatic nitrogens is 2. The first-order valence-electron chi connectivity index (χ1n) is 8.77. The first kappa shape index (κ1) is 22.1. The van der Waals surface area contributed by atoms with Gasteiger partial charge in [0.25, 0.3) is 5.56 Å². The van der Waals surface area contributed by atoms with Crippen LogP contribution < -0.4 is 11.2 Å². The van der Waals surface area contributed by atoms with Crippen molar-refractivity contribution in [1.82, 2.24) is 9.55 Å². The number of aromatic amines is 1. The molecule has 3 rings (SSSR count). The van der Waals surface area contributed by atoms with Gasteiger partial charge in [-0.05, 0) is 5.56 Å². The van der Waals surface area contributed by atoms with E-state index in [1.807, 2.05) is 0 Å². The van der Waals surface area contributed by atoms with Crippen LogP contribution in [0.4, 0.5) is 22.0 Å². The number of H-pyrrole nitrogens is 1. The molecular weight excluding hydrogens is 419 g/mol. The molecule has 0 aliphatic carbocycles. The highest BCUT2D eigenvalue weighted by molar-refractivity contribution is 5.15. The molecule has 1 aromatic carbocycles. The number of rotatable bonds is 6. The molecule has 1 aromatic heterocycles. The van der Waals surface area contributed by atoms with Gasteiger partial charge in [0.1, 0.15) is 17.9 Å². The van der Waals surface area contributed by atoms with Gasteiger partial charge in [-0.25, -0.2) is 4.79 Å². The topological polar surface area (TPSA) is 93.6 Å². The van der Waals surface area contributed by atoms with E-state index in [0.717, 1.165) is 5.56 Å². The van der Waals surface area contributed by atoms with Gasteiger partial charge < -0.3 is 14.6 Å². The van der Waals surface area contributed by atoms with Gasteiger partial charge in [0.2, 0.25) is 0 Å². The minimum absolute atomic E-state index is 0.121. The Bertz CT molecular complexity index is 989. The SMILES string of the molecule is O=c1[nH]c(=O)n([C@H]2C[C@H](OCc3ccccc3)[C@@H](CO)O2)cc1C(F)(F)C(F)(F)F. The molecule has 164 valence electrons. The minimum atomic E-state index is -6.03. The van der Waals surface area contributed by atoms with E-state index in [4.69, 9.17) is 9.47 Å². The van der Waals surface area contributed by atoms with E-state index < -0.39 is 54.0 Å². The van der Waals surface area contributed by atoms with Gasteiger partial charge in [-0.2, -0.15) is 22.0 Å². The van der Waals surface area contributed by atoms with E-state index in [9.17, 15) is 36.6 Å². The molecule has 3 atom stereocenters. The third-order valence-electron chi connectivity index (χ3n) is 4.64. The summed E-state index contributed by atoms with van der Waals surface area (Å²) in [5.41, 5.74) is -4.22. The maximum atomic E-state index is 13.7. The fourth-order valence-electron chi connectivity index (χ4n) is 3.06. The zero-order valence-electron chi connectivity index (χ0n) is 15.2. The van der Waals surface area contributed by atoms with Crippen molar-refractivity contribution < 1.29 is 36.5 Å². The highest BCUT2D eigenvalue weighted by Crippen LogP contribution is 2.42. The molecule has 0 saturated carbocycles. The second-order valence-electron chi connectivity index (χ2n) is 6.66. The van der Waals surface area contributed by atoms with Crippen LogP contribution in [0.5, 0.6) is 0 Å². The first-order valence-corrected chi connectivity index (χ1v) is 8.77. The lowest BCUT2D eigenvalue weighted by atomic mass is 10.1. The Kier molecular flexibility index (Phi) is 6.11. The Labute approximate surface area is 165 Å². The molecule has 0 unspecified atom stereocenters. The molecule has 0 radical (unpaired) electrons. The van der Waals surface area contributed by atoms with E-state index in [2.05, 4.69) is 0 Å². The molecule has 0 spiro atoms. The lowest BCUT2D eigenvalue weighted by molar-refractivity contribution is -0.290. The number of hydrogen-bond acceptors (Lipinski definition) is 5. The quantitative estimate of drug-likeness (QED) is 0.677. The second-order valence-corrected chi connectivity index (χ2v) is 6.66. The van der Waals surface area contributed by atoms with Crippen molar-refractivity contribution in [3.05, 3.63) is 68.5 Å². The Balaban J connectivity index is 1.86. The predicted molar refractivity (Wildman–Crippen MR) is 91.9 cm³/mol. The molecule has 7 nitrogen and oxygen atoms in total. The number of aliphatic hydroxyl groups is 1. The van der Waals surface area contributed by atoms with Crippen LogP contribution in [0.25, 0.3) is 0 Å². The number of benzene rings is 1. The molecule has 1 aliphatic heterocycles. The van der Waals surface area contributed by atoms with Crippen LogP contribution in [0.2, 0.25) is 0 Å². The number of aliphatic hydroxyl groups excluding tert-OH is 1. The smallest absolute Gasteiger partial charge is 0.394 e. The maximum absolute atomic E-state index is 13.7. The summed E-state index contributed by atoms with van der Waals surface area (Å²) >= 11 is 0. The Hall–Kier alpha value is -2.57. The van der Waals surface area contributed by atoms with Crippen molar-refractivity contribution in [3.8, 4) is 0 Å². The van der Waals surface area contributed by atoms with Crippen molar-refractivity contribution >= 4 is 0 Å². The maximum Gasteiger partial charge on any atom is 0.458 e. The molecule has 30 heavy (non-hydrogen) atoms. The number of alkyl halides is 5. The van der Waals surface area contributed by atoms with Gasteiger partial charge in [-0.3, -0.25) is 14.3 Å². The Morgan fingerprint density at radius 3 is 2.43 bits per heavy atom. The van der Waals surface area contributed by atoms with Crippen molar-refractivity contribution in [3.63, 3.8) is 0 Å². The number of halogens is 5. The number of nitrogens with one attached hydrogen (secondary N) is 1. The lowest BCUT2D eigenvalue weighted by Crippen LogP contribution is -2.43. The van der Waals surface area contributed by atoms with Gasteiger partial charge in [0, 0.05) is 12.6 Å². The Morgan fingerprint density at radius 2 is 1.83 bits per heavy atom. The lowest BCUT2D eigenvalue weighted by Gasteiger charge is -2.21. The highest BCUT2D eigenvalue weighted by atomic mass is 19.4. The molecule has 1 aliphatic rings. The van der Waals surface area contributed by atoms with Gasteiger partial charge in [0.15, 0.2) is 0 Å². The van der Waals surface area contributed by atoms with E-state index in [1.165, 1.54) is 4.98 Å². The Morgan fingerprint density at radius 1 is 1.17 bits per heavy atom. The zero-order valence-corrected chi connectivity index (χ0v) is 15.2. The average molecular weight is 436 g/mol. The average Bonchev–Trinajstić information content (AvgIpc) is 3.09. The summed E-state index contributed by atoms with van der Waals surface area (Å²) in [7, 11) is 0. The summed E-state index contributed by atoms with van der Waals surface area (Å²) in [5.74, 6) is -5.48. The predicted octanol–water partition coefficient (Wildman–Crippen LogP) is 2.06. The zero-order chi connectivity index (χ0) is 22.1. The molecule has 1 fully saturated rings. The molecular formula is C18H17F5N2O5. The van der Waals surface area contributed by atoms with Crippen LogP contribution in [-0.2, 0) is 22.0 Å². The third-order valence-corrected chi connectivity index (χ3v) is 4.64. The van der Waals surface area contributed by atoms with Crippen LogP contribution in [0, 0.1) is 0 Å². The van der Waals surface area contributed by atoms with Crippen LogP contribution >= 0.6 is 0 Å². The second kappa shape index (κ2) is 8.28. The van der Waals surface area contributed by atoms with Crippen molar-refractivity contribution in [2.75, 3.05) is 6.61 Å². The molecule has 2 heterocycles. The van der Waals surface area contributed by atoms with Crippen molar-refractivity contribution in [2.45, 2.75) is 43.6 Å². The minimum Gasteiger partial charge on any atom is -0.394 e. The third kappa shape index (κ3) is 4.30. The van der Waals surface area contributed by atoms with E-state index >= 15 is 0 Å². The molecule has 0 bridgehead atoms. The number of ether oxygens (including phenoxy) is 2. The standard InChI is InChI=1S/C18H17F5N2O5/c19-17(20,18(21,22)23)11-7-25(16(28)24-15(11)27)14-6-12(13(8-26)30-14)29-9-10-4-2-1-3-5-10/h1-5,7,12-14,26H,6,8-9H2,(H,24,27,28)/t12-,13+,14+/m0/s1. The summed E-state index contributed by atoms with van der Waals surface area (Å²) in [6, 6.07) is 8.90. The summed E-state index contributed by atoms with van der Waals surface area (Å²) in [6.07, 6.45) is -9.08. The largest absolute Gasteiger partial charge is 0.458 e. The summed E-state index contributed by atoms with van der Waals surface area (Å²) in [4.78, 5) is 25.1. The van der Waals surface area contributed by atoms with Gasteiger partial charge in [-0.1, -0.05) is 30.3 Å². The van der Waals surface area contributed by atoms with Crippen LogP contribution in [0.3, 0.4) is 0 Å². The van der Waals surface area contributed by atoms with Gasteiger partial charge >= 0.3 is 17.8 Å².